The summed E-state index contributed by atoms with van der Waals surface area (Å²) in [6, 6.07) is 18.4. The first kappa shape index (κ1) is 17.3. The topological polar surface area (TPSA) is 65.4 Å². The second-order valence-electron chi connectivity index (χ2n) is 6.53. The van der Waals surface area contributed by atoms with Gasteiger partial charge < -0.3 is 14.8 Å². The Balaban J connectivity index is 1.44. The van der Waals surface area contributed by atoms with Crippen LogP contribution in [0.25, 0.3) is 0 Å². The third-order valence-corrected chi connectivity index (χ3v) is 4.49. The number of nitrogens with zero attached hydrogens (tertiary/aromatic N) is 2. The minimum atomic E-state index is -0.196. The number of para-hydroxylation sites is 1. The SMILES string of the molecule is O=C(Nc1ccnn1CC1CCOC1)c1cccc(Oc2ccccc2)c1. The van der Waals surface area contributed by atoms with Crippen LogP contribution in [0.15, 0.2) is 66.9 Å². The van der Waals surface area contributed by atoms with Gasteiger partial charge in [-0.15, -0.1) is 0 Å². The predicted octanol–water partition coefficient (Wildman–Crippen LogP) is 3.96. The summed E-state index contributed by atoms with van der Waals surface area (Å²) >= 11 is 0. The van der Waals surface area contributed by atoms with Crippen molar-refractivity contribution < 1.29 is 14.3 Å². The van der Waals surface area contributed by atoms with E-state index in [1.807, 2.05) is 41.1 Å². The highest BCUT2D eigenvalue weighted by Crippen LogP contribution is 2.23. The average molecular weight is 363 g/mol. The zero-order valence-corrected chi connectivity index (χ0v) is 14.9. The molecule has 138 valence electrons. The quantitative estimate of drug-likeness (QED) is 0.720. The molecule has 1 aromatic heterocycles. The van der Waals surface area contributed by atoms with E-state index in [0.717, 1.165) is 31.9 Å². The van der Waals surface area contributed by atoms with Gasteiger partial charge in [0, 0.05) is 30.7 Å². The fraction of sp³-hybridized carbons (Fsp3) is 0.238. The van der Waals surface area contributed by atoms with Crippen LogP contribution in [0.5, 0.6) is 11.5 Å². The lowest BCUT2D eigenvalue weighted by Gasteiger charge is -2.12. The fourth-order valence-electron chi connectivity index (χ4n) is 3.07. The van der Waals surface area contributed by atoms with Crippen molar-refractivity contribution in [2.75, 3.05) is 18.5 Å². The Hall–Kier alpha value is -3.12. The molecule has 1 aliphatic heterocycles. The van der Waals surface area contributed by atoms with Crippen LogP contribution in [-0.2, 0) is 11.3 Å². The van der Waals surface area contributed by atoms with Crippen LogP contribution in [0.1, 0.15) is 16.8 Å². The van der Waals surface area contributed by atoms with E-state index in [4.69, 9.17) is 9.47 Å². The number of carbonyl (C=O) groups excluding carboxylic acids is 1. The lowest BCUT2D eigenvalue weighted by molar-refractivity contribution is 0.102. The van der Waals surface area contributed by atoms with Gasteiger partial charge in [-0.05, 0) is 36.8 Å². The molecule has 0 radical (unpaired) electrons. The maximum Gasteiger partial charge on any atom is 0.256 e. The van der Waals surface area contributed by atoms with Crippen molar-refractivity contribution in [2.45, 2.75) is 13.0 Å². The highest BCUT2D eigenvalue weighted by molar-refractivity contribution is 6.04. The van der Waals surface area contributed by atoms with E-state index in [-0.39, 0.29) is 5.91 Å². The standard InChI is InChI=1S/C21H21N3O3/c25-21(23-20-9-11-22-24(20)14-16-10-12-26-15-16)17-5-4-8-19(13-17)27-18-6-2-1-3-7-18/h1-9,11,13,16H,10,12,14-15H2,(H,23,25). The molecule has 6 heteroatoms. The van der Waals surface area contributed by atoms with Crippen molar-refractivity contribution in [1.82, 2.24) is 9.78 Å². The summed E-state index contributed by atoms with van der Waals surface area (Å²) in [6.45, 7) is 2.27. The minimum Gasteiger partial charge on any atom is -0.457 e. The molecule has 1 N–H and O–H groups in total. The van der Waals surface area contributed by atoms with Gasteiger partial charge in [0.15, 0.2) is 0 Å². The normalized spacial score (nSPS) is 16.2. The Morgan fingerprint density at radius 2 is 2.00 bits per heavy atom. The second kappa shape index (κ2) is 8.05. The summed E-state index contributed by atoms with van der Waals surface area (Å²) in [5, 5.41) is 7.26. The van der Waals surface area contributed by atoms with Gasteiger partial charge >= 0.3 is 0 Å². The van der Waals surface area contributed by atoms with E-state index in [1.54, 1.807) is 30.5 Å². The number of benzene rings is 2. The first-order valence-electron chi connectivity index (χ1n) is 9.02. The summed E-state index contributed by atoms with van der Waals surface area (Å²) in [5.41, 5.74) is 0.528. The summed E-state index contributed by atoms with van der Waals surface area (Å²) in [7, 11) is 0. The molecule has 2 heterocycles. The number of nitrogens with one attached hydrogen (secondary N) is 1. The molecular weight excluding hydrogens is 342 g/mol. The van der Waals surface area contributed by atoms with E-state index >= 15 is 0 Å². The van der Waals surface area contributed by atoms with Crippen molar-refractivity contribution in [3.8, 4) is 11.5 Å². The first-order valence-corrected chi connectivity index (χ1v) is 9.02. The number of hydrogen-bond donors (Lipinski definition) is 1. The van der Waals surface area contributed by atoms with Gasteiger partial charge in [-0.2, -0.15) is 5.10 Å². The number of hydrogen-bond acceptors (Lipinski definition) is 4. The molecule has 1 fully saturated rings. The Bertz CT molecular complexity index is 902. The first-order chi connectivity index (χ1) is 13.3. The maximum atomic E-state index is 12.7. The van der Waals surface area contributed by atoms with Gasteiger partial charge in [-0.3, -0.25) is 4.79 Å². The summed E-state index contributed by atoms with van der Waals surface area (Å²) in [6.07, 6.45) is 2.71. The van der Waals surface area contributed by atoms with Crippen LogP contribution in [0.3, 0.4) is 0 Å². The molecule has 2 aromatic carbocycles. The fourth-order valence-corrected chi connectivity index (χ4v) is 3.07. The van der Waals surface area contributed by atoms with E-state index in [9.17, 15) is 4.79 Å². The lowest BCUT2D eigenvalue weighted by atomic mass is 10.1. The van der Waals surface area contributed by atoms with Gasteiger partial charge in [0.05, 0.1) is 12.8 Å². The number of ether oxygens (including phenoxy) is 2. The molecule has 27 heavy (non-hydrogen) atoms. The molecule has 6 nitrogen and oxygen atoms in total. The lowest BCUT2D eigenvalue weighted by Crippen LogP contribution is -2.18. The number of anilines is 1. The van der Waals surface area contributed by atoms with E-state index in [2.05, 4.69) is 10.4 Å². The molecule has 0 bridgehead atoms. The predicted molar refractivity (Wildman–Crippen MR) is 102 cm³/mol. The Morgan fingerprint density at radius 3 is 2.81 bits per heavy atom. The highest BCUT2D eigenvalue weighted by atomic mass is 16.5. The maximum absolute atomic E-state index is 12.7. The van der Waals surface area contributed by atoms with Gasteiger partial charge in [-0.25, -0.2) is 4.68 Å². The number of carbonyl (C=O) groups is 1. The van der Waals surface area contributed by atoms with Crippen LogP contribution < -0.4 is 10.1 Å². The molecule has 1 atom stereocenters. The van der Waals surface area contributed by atoms with Gasteiger partial charge in [0.1, 0.15) is 17.3 Å². The molecule has 0 saturated carbocycles. The monoisotopic (exact) mass is 363 g/mol. The zero-order chi connectivity index (χ0) is 18.5. The molecule has 1 aliphatic rings. The van der Waals surface area contributed by atoms with Crippen LogP contribution in [-0.4, -0.2) is 28.9 Å². The number of rotatable bonds is 6. The summed E-state index contributed by atoms with van der Waals surface area (Å²) < 4.78 is 13.0. The molecule has 0 spiro atoms. The smallest absolute Gasteiger partial charge is 0.256 e. The van der Waals surface area contributed by atoms with Gasteiger partial charge in [0.2, 0.25) is 0 Å². The van der Waals surface area contributed by atoms with Crippen LogP contribution in [0.2, 0.25) is 0 Å². The summed E-state index contributed by atoms with van der Waals surface area (Å²) in [5.74, 6) is 2.26. The van der Waals surface area contributed by atoms with Gasteiger partial charge in [-0.1, -0.05) is 24.3 Å². The molecular formula is C21H21N3O3. The average Bonchev–Trinajstić information content (AvgIpc) is 3.36. The number of aromatic nitrogens is 2. The second-order valence-corrected chi connectivity index (χ2v) is 6.53. The van der Waals surface area contributed by atoms with Crippen LogP contribution in [0.4, 0.5) is 5.82 Å². The molecule has 3 aromatic rings. The third-order valence-electron chi connectivity index (χ3n) is 4.49. The van der Waals surface area contributed by atoms with E-state index in [0.29, 0.717) is 23.0 Å². The molecule has 1 amide bonds. The summed E-state index contributed by atoms with van der Waals surface area (Å²) in [4.78, 5) is 12.7. The minimum absolute atomic E-state index is 0.196. The number of amides is 1. The van der Waals surface area contributed by atoms with E-state index in [1.165, 1.54) is 0 Å². The Kier molecular flexibility index (Phi) is 5.16. The molecule has 1 unspecified atom stereocenters. The van der Waals surface area contributed by atoms with Crippen molar-refractivity contribution in [3.63, 3.8) is 0 Å². The van der Waals surface area contributed by atoms with Crippen LogP contribution >= 0.6 is 0 Å². The highest BCUT2D eigenvalue weighted by Gasteiger charge is 2.18. The van der Waals surface area contributed by atoms with Gasteiger partial charge in [0.25, 0.3) is 5.91 Å². The van der Waals surface area contributed by atoms with Crippen molar-refractivity contribution in [1.29, 1.82) is 0 Å². The van der Waals surface area contributed by atoms with Crippen molar-refractivity contribution in [2.24, 2.45) is 5.92 Å². The van der Waals surface area contributed by atoms with Crippen molar-refractivity contribution in [3.05, 3.63) is 72.4 Å². The molecule has 4 rings (SSSR count). The molecule has 0 aliphatic carbocycles. The Labute approximate surface area is 157 Å². The van der Waals surface area contributed by atoms with E-state index < -0.39 is 0 Å². The van der Waals surface area contributed by atoms with Crippen LogP contribution in [0, 0.1) is 5.92 Å². The largest absolute Gasteiger partial charge is 0.457 e. The third kappa shape index (κ3) is 4.35. The van der Waals surface area contributed by atoms with Crippen molar-refractivity contribution >= 4 is 11.7 Å². The zero-order valence-electron chi connectivity index (χ0n) is 14.9. The Morgan fingerprint density at radius 1 is 1.15 bits per heavy atom. The molecule has 1 saturated heterocycles.